The van der Waals surface area contributed by atoms with Gasteiger partial charge in [-0.25, -0.2) is 14.1 Å². The van der Waals surface area contributed by atoms with Crippen molar-refractivity contribution in [2.45, 2.75) is 55.8 Å². The third-order valence-electron chi connectivity index (χ3n) is 6.21. The van der Waals surface area contributed by atoms with Gasteiger partial charge in [0.05, 0.1) is 37.3 Å². The smallest absolute Gasteiger partial charge is 0.410 e. The summed E-state index contributed by atoms with van der Waals surface area (Å²) >= 11 is 0.818. The number of nitrogens with zero attached hydrogens (tertiary/aromatic N) is 1. The number of carbonyl (C=O) groups is 1. The maximum Gasteiger partial charge on any atom is 0.410 e. The highest BCUT2D eigenvalue weighted by Crippen LogP contribution is 2.39. The third-order valence-corrected chi connectivity index (χ3v) is 6.93. The molecule has 0 N–H and O–H groups in total. The third kappa shape index (κ3) is 6.10. The summed E-state index contributed by atoms with van der Waals surface area (Å²) in [4.78, 5) is 18.9. The van der Waals surface area contributed by atoms with E-state index < -0.39 is 12.1 Å². The largest absolute Gasteiger partial charge is 0.443 e. The van der Waals surface area contributed by atoms with Crippen LogP contribution in [0.1, 0.15) is 50.9 Å². The van der Waals surface area contributed by atoms with Crippen molar-refractivity contribution in [3.05, 3.63) is 29.6 Å². The predicted octanol–water partition coefficient (Wildman–Crippen LogP) is 4.86. The highest BCUT2D eigenvalue weighted by atomic mass is 32.2. The molecule has 0 radical (unpaired) electrons. The van der Waals surface area contributed by atoms with E-state index in [2.05, 4.69) is 4.89 Å². The quantitative estimate of drug-likeness (QED) is 0.330. The molecule has 4 rings (SSSR count). The minimum absolute atomic E-state index is 0.170. The van der Waals surface area contributed by atoms with Crippen LogP contribution in [0.25, 0.3) is 0 Å². The van der Waals surface area contributed by atoms with Crippen LogP contribution in [0.3, 0.4) is 0 Å². The van der Waals surface area contributed by atoms with Crippen molar-refractivity contribution in [3.63, 3.8) is 0 Å². The molecule has 172 valence electrons. The Labute approximate surface area is 186 Å². The second-order valence-electron chi connectivity index (χ2n) is 8.86. The van der Waals surface area contributed by atoms with Crippen molar-refractivity contribution < 1.29 is 32.6 Å². The Morgan fingerprint density at radius 2 is 1.94 bits per heavy atom. The average Bonchev–Trinajstić information content (AvgIpc) is 3.50. The fourth-order valence-electron chi connectivity index (χ4n) is 4.05. The lowest BCUT2D eigenvalue weighted by molar-refractivity contribution is -0.208. The molecule has 0 unspecified atom stereocenters. The number of rotatable bonds is 7. The van der Waals surface area contributed by atoms with E-state index in [0.29, 0.717) is 35.5 Å². The summed E-state index contributed by atoms with van der Waals surface area (Å²) in [5, 5.41) is 0. The van der Waals surface area contributed by atoms with Gasteiger partial charge in [0, 0.05) is 24.6 Å². The van der Waals surface area contributed by atoms with Crippen molar-refractivity contribution >= 4 is 18.1 Å². The van der Waals surface area contributed by atoms with Gasteiger partial charge < -0.3 is 19.1 Å². The number of likely N-dealkylation sites (tertiary alicyclic amines) is 1. The van der Waals surface area contributed by atoms with Crippen molar-refractivity contribution in [3.8, 4) is 0 Å². The zero-order valence-electron chi connectivity index (χ0n) is 18.0. The van der Waals surface area contributed by atoms with E-state index in [1.807, 2.05) is 11.8 Å². The fraction of sp³-hybridized carbons (Fsp3) is 0.682. The van der Waals surface area contributed by atoms with E-state index in [-0.39, 0.29) is 11.7 Å². The van der Waals surface area contributed by atoms with Gasteiger partial charge in [-0.2, -0.15) is 4.33 Å². The fourth-order valence-corrected chi connectivity index (χ4v) is 4.45. The molecule has 2 aliphatic heterocycles. The summed E-state index contributed by atoms with van der Waals surface area (Å²) in [6.07, 6.45) is 4.15. The summed E-state index contributed by atoms with van der Waals surface area (Å²) in [6.45, 7) is 4.64. The molecule has 1 aliphatic carbocycles. The summed E-state index contributed by atoms with van der Waals surface area (Å²) in [5.74, 6) is 0.443. The van der Waals surface area contributed by atoms with E-state index >= 15 is 0 Å². The van der Waals surface area contributed by atoms with Crippen LogP contribution >= 0.6 is 12.0 Å². The molecule has 31 heavy (non-hydrogen) atoms. The summed E-state index contributed by atoms with van der Waals surface area (Å²) in [6, 6.07) is 4.80. The topological polar surface area (TPSA) is 66.5 Å². The molecule has 9 heteroatoms. The molecule has 0 atom stereocenters. The SMILES string of the molecule is COOSc1ccc(C2OCC(CC3CCN(C(=O)OC4(C)CC4)CC3)CO2)cc1F. The van der Waals surface area contributed by atoms with E-state index in [1.54, 1.807) is 12.1 Å². The maximum absolute atomic E-state index is 14.2. The van der Waals surface area contributed by atoms with Crippen LogP contribution in [0.5, 0.6) is 0 Å². The maximum atomic E-state index is 14.2. The number of halogens is 1. The van der Waals surface area contributed by atoms with Gasteiger partial charge in [-0.1, -0.05) is 6.07 Å². The Morgan fingerprint density at radius 3 is 2.55 bits per heavy atom. The van der Waals surface area contributed by atoms with Crippen LogP contribution in [-0.2, 0) is 23.4 Å². The highest BCUT2D eigenvalue weighted by Gasteiger charge is 2.43. The van der Waals surface area contributed by atoms with Gasteiger partial charge in [-0.3, -0.25) is 0 Å². The van der Waals surface area contributed by atoms with Gasteiger partial charge in [0.25, 0.3) is 0 Å². The molecule has 0 bridgehead atoms. The first-order chi connectivity index (χ1) is 15.0. The number of carbonyl (C=O) groups excluding carboxylic acids is 1. The van der Waals surface area contributed by atoms with E-state index in [4.69, 9.17) is 18.5 Å². The molecular formula is C22H30FNO6S. The number of piperidine rings is 1. The Kier molecular flexibility index (Phi) is 7.38. The monoisotopic (exact) mass is 455 g/mol. The zero-order chi connectivity index (χ0) is 21.8. The zero-order valence-corrected chi connectivity index (χ0v) is 18.8. The molecule has 2 heterocycles. The van der Waals surface area contributed by atoms with Gasteiger partial charge in [-0.15, -0.1) is 0 Å². The molecule has 3 aliphatic rings. The lowest BCUT2D eigenvalue weighted by Crippen LogP contribution is -2.41. The normalized spacial score (nSPS) is 26.0. The lowest BCUT2D eigenvalue weighted by atomic mass is 9.87. The van der Waals surface area contributed by atoms with Crippen molar-refractivity contribution in [2.24, 2.45) is 11.8 Å². The molecule has 2 saturated heterocycles. The second-order valence-corrected chi connectivity index (χ2v) is 9.60. The Bertz CT molecular complexity index is 760. The van der Waals surface area contributed by atoms with E-state index in [0.717, 1.165) is 57.2 Å². The van der Waals surface area contributed by atoms with Gasteiger partial charge in [-0.05, 0) is 57.1 Å². The van der Waals surface area contributed by atoms with Gasteiger partial charge in [0.15, 0.2) is 6.29 Å². The Balaban J connectivity index is 1.18. The molecular weight excluding hydrogens is 425 g/mol. The first kappa shape index (κ1) is 22.8. The van der Waals surface area contributed by atoms with Crippen molar-refractivity contribution in [1.29, 1.82) is 0 Å². The Hall–Kier alpha value is -1.39. The Morgan fingerprint density at radius 1 is 1.23 bits per heavy atom. The number of hydrogen-bond donors (Lipinski definition) is 0. The van der Waals surface area contributed by atoms with Gasteiger partial charge >= 0.3 is 6.09 Å². The highest BCUT2D eigenvalue weighted by molar-refractivity contribution is 7.94. The number of amides is 1. The van der Waals surface area contributed by atoms with Gasteiger partial charge in [0.2, 0.25) is 0 Å². The molecule has 0 spiro atoms. The van der Waals surface area contributed by atoms with Crippen LogP contribution in [0, 0.1) is 17.7 Å². The molecule has 1 aromatic carbocycles. The molecule has 0 aromatic heterocycles. The van der Waals surface area contributed by atoms with Crippen LogP contribution in [0.4, 0.5) is 9.18 Å². The lowest BCUT2D eigenvalue weighted by Gasteiger charge is -2.35. The van der Waals surface area contributed by atoms with Crippen molar-refractivity contribution in [1.82, 2.24) is 4.90 Å². The van der Waals surface area contributed by atoms with Crippen LogP contribution in [0.2, 0.25) is 0 Å². The first-order valence-electron chi connectivity index (χ1n) is 10.8. The standard InChI is InChI=1S/C22H30FNO6S/c1-22(7-8-22)29-21(25)24-9-5-15(6-10-24)11-16-13-27-20(28-14-16)17-3-4-19(18(23)12-17)31-30-26-2/h3-4,12,15-16,20H,5-11,13-14H2,1-2H3. The molecule has 3 fully saturated rings. The summed E-state index contributed by atoms with van der Waals surface area (Å²) < 4.78 is 36.2. The summed E-state index contributed by atoms with van der Waals surface area (Å²) in [5.41, 5.74) is 0.426. The molecule has 1 aromatic rings. The summed E-state index contributed by atoms with van der Waals surface area (Å²) in [7, 11) is 1.37. The molecule has 1 amide bonds. The predicted molar refractivity (Wildman–Crippen MR) is 112 cm³/mol. The minimum Gasteiger partial charge on any atom is -0.443 e. The minimum atomic E-state index is -0.562. The number of hydrogen-bond acceptors (Lipinski definition) is 7. The molecule has 7 nitrogen and oxygen atoms in total. The van der Waals surface area contributed by atoms with E-state index in [9.17, 15) is 9.18 Å². The van der Waals surface area contributed by atoms with Crippen LogP contribution < -0.4 is 0 Å². The van der Waals surface area contributed by atoms with Crippen LogP contribution in [-0.4, -0.2) is 50.0 Å². The average molecular weight is 456 g/mol. The number of benzene rings is 1. The second kappa shape index (κ2) is 10.0. The van der Waals surface area contributed by atoms with Crippen molar-refractivity contribution in [2.75, 3.05) is 33.4 Å². The van der Waals surface area contributed by atoms with Gasteiger partial charge in [0.1, 0.15) is 11.4 Å². The number of ether oxygens (including phenoxy) is 3. The van der Waals surface area contributed by atoms with E-state index in [1.165, 1.54) is 13.2 Å². The first-order valence-corrected chi connectivity index (χ1v) is 11.6. The molecule has 1 saturated carbocycles. The van der Waals surface area contributed by atoms with Crippen LogP contribution in [0.15, 0.2) is 23.1 Å².